The first kappa shape index (κ1) is 19.5. The number of nitrogens with zero attached hydrogens (tertiary/aromatic N) is 1. The molecule has 0 fully saturated rings. The molecule has 2 aromatic rings. The average Bonchev–Trinajstić information content (AvgIpc) is 2.67. The molecule has 0 saturated carbocycles. The maximum Gasteiger partial charge on any atom is 0.251 e. The number of nitrogens with one attached hydrogen (secondary N) is 2. The van der Waals surface area contributed by atoms with E-state index >= 15 is 0 Å². The zero-order chi connectivity index (χ0) is 19.1. The van der Waals surface area contributed by atoms with Crippen LogP contribution in [0, 0.1) is 0 Å². The molecular weight excluding hydrogens is 326 g/mol. The fourth-order valence-corrected chi connectivity index (χ4v) is 2.52. The van der Waals surface area contributed by atoms with Crippen LogP contribution in [0.3, 0.4) is 0 Å². The first-order valence-electron chi connectivity index (χ1n) is 8.96. The lowest BCUT2D eigenvalue weighted by atomic mass is 10.1. The summed E-state index contributed by atoms with van der Waals surface area (Å²) >= 11 is 0. The Kier molecular flexibility index (Phi) is 6.78. The third-order valence-electron chi connectivity index (χ3n) is 4.41. The van der Waals surface area contributed by atoms with E-state index in [0.29, 0.717) is 12.0 Å². The number of hydrogen-bond donors (Lipinski definition) is 2. The van der Waals surface area contributed by atoms with E-state index in [1.54, 1.807) is 0 Å². The van der Waals surface area contributed by atoms with Crippen LogP contribution in [0.1, 0.15) is 49.2 Å². The van der Waals surface area contributed by atoms with E-state index in [9.17, 15) is 9.59 Å². The Labute approximate surface area is 155 Å². The summed E-state index contributed by atoms with van der Waals surface area (Å²) < 4.78 is 0. The van der Waals surface area contributed by atoms with E-state index in [1.165, 1.54) is 0 Å². The molecule has 0 bridgehead atoms. The highest BCUT2D eigenvalue weighted by Crippen LogP contribution is 2.18. The lowest BCUT2D eigenvalue weighted by Crippen LogP contribution is -2.26. The summed E-state index contributed by atoms with van der Waals surface area (Å²) in [5.74, 6) is -0.122. The van der Waals surface area contributed by atoms with Crippen LogP contribution in [0.5, 0.6) is 0 Å². The summed E-state index contributed by atoms with van der Waals surface area (Å²) in [5, 5.41) is 5.82. The van der Waals surface area contributed by atoms with Crippen LogP contribution >= 0.6 is 0 Å². The monoisotopic (exact) mass is 353 g/mol. The Bertz CT molecular complexity index is 739. The van der Waals surface area contributed by atoms with Crippen LogP contribution in [0.4, 0.5) is 11.4 Å². The molecule has 2 N–H and O–H groups in total. The third-order valence-corrected chi connectivity index (χ3v) is 4.41. The number of benzene rings is 2. The van der Waals surface area contributed by atoms with Crippen molar-refractivity contribution in [3.8, 4) is 0 Å². The molecule has 2 amide bonds. The molecule has 2 rings (SSSR count). The number of carbonyl (C=O) groups is 2. The second-order valence-electron chi connectivity index (χ2n) is 6.28. The molecule has 0 aromatic heterocycles. The highest BCUT2D eigenvalue weighted by molar-refractivity contribution is 5.94. The van der Waals surface area contributed by atoms with Gasteiger partial charge < -0.3 is 15.5 Å². The predicted molar refractivity (Wildman–Crippen MR) is 107 cm³/mol. The molecule has 0 aliphatic carbocycles. The fraction of sp³-hybridized carbons (Fsp3) is 0.333. The van der Waals surface area contributed by atoms with Crippen LogP contribution < -0.4 is 15.5 Å². The number of hydrogen-bond acceptors (Lipinski definition) is 3. The van der Waals surface area contributed by atoms with Crippen LogP contribution in [0.15, 0.2) is 48.5 Å². The Balaban J connectivity index is 1.99. The van der Waals surface area contributed by atoms with Crippen LogP contribution in [0.25, 0.3) is 0 Å². The smallest absolute Gasteiger partial charge is 0.251 e. The second-order valence-corrected chi connectivity index (χ2v) is 6.28. The van der Waals surface area contributed by atoms with E-state index in [4.69, 9.17) is 0 Å². The molecule has 0 aliphatic heterocycles. The first-order valence-corrected chi connectivity index (χ1v) is 8.96. The number of amides is 2. The minimum atomic E-state index is -0.128. The van der Waals surface area contributed by atoms with Gasteiger partial charge in [-0.15, -0.1) is 0 Å². The van der Waals surface area contributed by atoms with Crippen molar-refractivity contribution in [1.82, 2.24) is 5.32 Å². The zero-order valence-electron chi connectivity index (χ0n) is 15.9. The molecule has 5 heteroatoms. The van der Waals surface area contributed by atoms with Crippen molar-refractivity contribution in [2.75, 3.05) is 23.8 Å². The summed E-state index contributed by atoms with van der Waals surface area (Å²) in [7, 11) is 2.02. The maximum absolute atomic E-state index is 12.4. The lowest BCUT2D eigenvalue weighted by Gasteiger charge is -2.18. The Morgan fingerprint density at radius 1 is 1.00 bits per heavy atom. The molecular formula is C21H27N3O2. The van der Waals surface area contributed by atoms with E-state index in [1.807, 2.05) is 69.4 Å². The number of carbonyl (C=O) groups excluding carboxylic acids is 2. The highest BCUT2D eigenvalue weighted by Gasteiger charge is 2.12. The van der Waals surface area contributed by atoms with Crippen molar-refractivity contribution in [2.24, 2.45) is 0 Å². The zero-order valence-corrected chi connectivity index (χ0v) is 15.9. The van der Waals surface area contributed by atoms with Crippen molar-refractivity contribution in [3.05, 3.63) is 59.7 Å². The Morgan fingerprint density at radius 3 is 2.15 bits per heavy atom. The number of rotatable bonds is 7. The van der Waals surface area contributed by atoms with Crippen LogP contribution in [-0.2, 0) is 4.79 Å². The SMILES string of the molecule is CCC(=O)Nc1ccc(C(C)NC(=O)c2ccc(N(C)CC)cc2)cc1. The third kappa shape index (κ3) is 5.09. The van der Waals surface area contributed by atoms with Crippen molar-refractivity contribution in [3.63, 3.8) is 0 Å². The average molecular weight is 353 g/mol. The molecule has 0 spiro atoms. The van der Waals surface area contributed by atoms with E-state index in [0.717, 1.165) is 23.5 Å². The first-order chi connectivity index (χ1) is 12.4. The molecule has 5 nitrogen and oxygen atoms in total. The van der Waals surface area contributed by atoms with Gasteiger partial charge in [-0.25, -0.2) is 0 Å². The van der Waals surface area contributed by atoms with Crippen molar-refractivity contribution < 1.29 is 9.59 Å². The van der Waals surface area contributed by atoms with Gasteiger partial charge in [0, 0.05) is 37.0 Å². The molecule has 2 aromatic carbocycles. The van der Waals surface area contributed by atoms with Crippen LogP contribution in [0.2, 0.25) is 0 Å². The second kappa shape index (κ2) is 9.04. The molecule has 0 heterocycles. The topological polar surface area (TPSA) is 61.4 Å². The lowest BCUT2D eigenvalue weighted by molar-refractivity contribution is -0.115. The van der Waals surface area contributed by atoms with Gasteiger partial charge in [0.1, 0.15) is 0 Å². The minimum absolute atomic E-state index is 0.0173. The Hall–Kier alpha value is -2.82. The largest absolute Gasteiger partial charge is 0.375 e. The van der Waals surface area contributed by atoms with Gasteiger partial charge in [-0.1, -0.05) is 19.1 Å². The fourth-order valence-electron chi connectivity index (χ4n) is 2.52. The molecule has 1 atom stereocenters. The van der Waals surface area contributed by atoms with Gasteiger partial charge in [0.25, 0.3) is 5.91 Å². The summed E-state index contributed by atoms with van der Waals surface area (Å²) in [4.78, 5) is 26.0. The summed E-state index contributed by atoms with van der Waals surface area (Å²) in [6.45, 7) is 6.75. The predicted octanol–water partition coefficient (Wildman–Crippen LogP) is 3.98. The van der Waals surface area contributed by atoms with Crippen molar-refractivity contribution >= 4 is 23.2 Å². The molecule has 26 heavy (non-hydrogen) atoms. The van der Waals surface area contributed by atoms with E-state index < -0.39 is 0 Å². The summed E-state index contributed by atoms with van der Waals surface area (Å²) in [5.41, 5.74) is 3.46. The summed E-state index contributed by atoms with van der Waals surface area (Å²) in [6, 6.07) is 15.0. The maximum atomic E-state index is 12.4. The standard InChI is InChI=1S/C21H27N3O2/c1-5-20(25)23-18-11-7-16(8-12-18)15(3)22-21(26)17-9-13-19(14-10-17)24(4)6-2/h7-15H,5-6H2,1-4H3,(H,22,26)(H,23,25). The molecule has 1 unspecified atom stereocenters. The van der Waals surface area contributed by atoms with Gasteiger partial charge in [-0.2, -0.15) is 0 Å². The van der Waals surface area contributed by atoms with Gasteiger partial charge in [-0.05, 0) is 55.8 Å². The van der Waals surface area contributed by atoms with Crippen molar-refractivity contribution in [2.45, 2.75) is 33.2 Å². The molecule has 0 radical (unpaired) electrons. The highest BCUT2D eigenvalue weighted by atomic mass is 16.2. The van der Waals surface area contributed by atoms with E-state index in [-0.39, 0.29) is 17.9 Å². The molecule has 0 aliphatic rings. The van der Waals surface area contributed by atoms with Crippen molar-refractivity contribution in [1.29, 1.82) is 0 Å². The van der Waals surface area contributed by atoms with Gasteiger partial charge in [0.15, 0.2) is 0 Å². The minimum Gasteiger partial charge on any atom is -0.375 e. The van der Waals surface area contributed by atoms with Crippen LogP contribution in [-0.4, -0.2) is 25.4 Å². The Morgan fingerprint density at radius 2 is 1.62 bits per heavy atom. The quantitative estimate of drug-likeness (QED) is 0.791. The van der Waals surface area contributed by atoms with Gasteiger partial charge in [0.2, 0.25) is 5.91 Å². The number of anilines is 2. The van der Waals surface area contributed by atoms with Gasteiger partial charge >= 0.3 is 0 Å². The van der Waals surface area contributed by atoms with Gasteiger partial charge in [0.05, 0.1) is 6.04 Å². The van der Waals surface area contributed by atoms with E-state index in [2.05, 4.69) is 22.5 Å². The van der Waals surface area contributed by atoms with Gasteiger partial charge in [-0.3, -0.25) is 9.59 Å². The molecule has 0 saturated heterocycles. The normalized spacial score (nSPS) is 11.5. The molecule has 138 valence electrons. The summed E-state index contributed by atoms with van der Waals surface area (Å²) in [6.07, 6.45) is 0.445.